The molecule has 0 bridgehead atoms. The number of halogens is 2. The second-order valence-corrected chi connectivity index (χ2v) is 10.4. The van der Waals surface area contributed by atoms with E-state index in [1.807, 2.05) is 25.1 Å². The van der Waals surface area contributed by atoms with E-state index in [0.717, 1.165) is 16.5 Å². The van der Waals surface area contributed by atoms with E-state index < -0.39 is 23.4 Å². The van der Waals surface area contributed by atoms with Crippen LogP contribution in [0.3, 0.4) is 0 Å². The van der Waals surface area contributed by atoms with Crippen molar-refractivity contribution < 1.29 is 19.4 Å². The molecule has 0 saturated carbocycles. The lowest BCUT2D eigenvalue weighted by Gasteiger charge is -2.20. The van der Waals surface area contributed by atoms with Gasteiger partial charge in [-0.05, 0) is 56.2 Å². The quantitative estimate of drug-likeness (QED) is 0.216. The summed E-state index contributed by atoms with van der Waals surface area (Å²) >= 11 is 6.59. The molecule has 0 spiro atoms. The molecule has 204 valence electrons. The van der Waals surface area contributed by atoms with Crippen LogP contribution in [-0.2, 0) is 16.9 Å². The number of pyridine rings is 1. The number of carboxylic acid groups (broad SMARTS) is 1. The third kappa shape index (κ3) is 5.63. The molecule has 0 aliphatic heterocycles. The first kappa shape index (κ1) is 27.2. The molecule has 0 amide bonds. The minimum atomic E-state index is -1.15. The fraction of sp³-hybridized carbons (Fsp3) is 0.207. The molecule has 9 nitrogen and oxygen atoms in total. The van der Waals surface area contributed by atoms with Crippen LogP contribution in [0.1, 0.15) is 38.2 Å². The molecule has 0 unspecified atom stereocenters. The number of fused-ring (bicyclic) bond motifs is 1. The lowest BCUT2D eigenvalue weighted by atomic mass is 10.0. The normalized spacial score (nSPS) is 12.4. The Morgan fingerprint density at radius 1 is 1.02 bits per heavy atom. The summed E-state index contributed by atoms with van der Waals surface area (Å²) in [6, 6.07) is 9.88. The van der Waals surface area contributed by atoms with Crippen LogP contribution >= 0.6 is 11.6 Å². The highest BCUT2D eigenvalue weighted by atomic mass is 35.5. The molecule has 5 rings (SSSR count). The first-order valence-electron chi connectivity index (χ1n) is 12.4. The van der Waals surface area contributed by atoms with E-state index in [1.165, 1.54) is 10.7 Å². The number of nitrogens with one attached hydrogen (secondary N) is 1. The number of aromatic nitrogens is 5. The Hall–Kier alpha value is -4.41. The zero-order chi connectivity index (χ0) is 28.6. The van der Waals surface area contributed by atoms with Crippen molar-refractivity contribution in [3.8, 4) is 22.3 Å². The van der Waals surface area contributed by atoms with Gasteiger partial charge in [0.15, 0.2) is 5.82 Å². The Morgan fingerprint density at radius 3 is 2.42 bits per heavy atom. The molecule has 3 heterocycles. The SMILES string of the molecule is C[C@@H](Nc1c(Cl)cnc2ccc(-c3cnc(C(C)(C)O)nc3)cc12)c1cc(-c2cnn(CC(=O)O)c2)ccc1F. The maximum absolute atomic E-state index is 15.0. The monoisotopic (exact) mass is 560 g/mol. The van der Waals surface area contributed by atoms with E-state index in [9.17, 15) is 9.90 Å². The third-order valence-corrected chi connectivity index (χ3v) is 6.73. The van der Waals surface area contributed by atoms with Crippen LogP contribution in [0.2, 0.25) is 5.02 Å². The number of benzene rings is 2. The number of hydrogen-bond donors (Lipinski definition) is 3. The van der Waals surface area contributed by atoms with Gasteiger partial charge in [-0.1, -0.05) is 23.7 Å². The van der Waals surface area contributed by atoms with E-state index in [0.29, 0.717) is 38.7 Å². The van der Waals surface area contributed by atoms with E-state index in [1.54, 1.807) is 57.0 Å². The molecular formula is C29H26ClFN6O3. The van der Waals surface area contributed by atoms with Gasteiger partial charge in [0.25, 0.3) is 0 Å². The molecule has 0 fully saturated rings. The predicted octanol–water partition coefficient (Wildman–Crippen LogP) is 5.83. The Bertz CT molecular complexity index is 1720. The summed E-state index contributed by atoms with van der Waals surface area (Å²) < 4.78 is 16.3. The number of rotatable bonds is 8. The van der Waals surface area contributed by atoms with Crippen LogP contribution in [0.5, 0.6) is 0 Å². The highest BCUT2D eigenvalue weighted by molar-refractivity contribution is 6.34. The number of anilines is 1. The predicted molar refractivity (Wildman–Crippen MR) is 150 cm³/mol. The second kappa shape index (κ2) is 10.6. The van der Waals surface area contributed by atoms with Gasteiger partial charge < -0.3 is 15.5 Å². The summed E-state index contributed by atoms with van der Waals surface area (Å²) in [4.78, 5) is 24.0. The van der Waals surface area contributed by atoms with Gasteiger partial charge in [-0.3, -0.25) is 14.5 Å². The van der Waals surface area contributed by atoms with Crippen LogP contribution < -0.4 is 5.32 Å². The van der Waals surface area contributed by atoms with Crippen molar-refractivity contribution in [2.24, 2.45) is 0 Å². The van der Waals surface area contributed by atoms with Crippen molar-refractivity contribution in [1.82, 2.24) is 24.7 Å². The van der Waals surface area contributed by atoms with Crippen molar-refractivity contribution in [2.45, 2.75) is 39.0 Å². The molecule has 0 aliphatic rings. The number of hydrogen-bond acceptors (Lipinski definition) is 7. The van der Waals surface area contributed by atoms with Gasteiger partial charge in [0.05, 0.1) is 28.5 Å². The fourth-order valence-electron chi connectivity index (χ4n) is 4.37. The first-order valence-corrected chi connectivity index (χ1v) is 12.8. The third-order valence-electron chi connectivity index (χ3n) is 6.44. The van der Waals surface area contributed by atoms with Gasteiger partial charge >= 0.3 is 5.97 Å². The summed E-state index contributed by atoms with van der Waals surface area (Å²) in [6.07, 6.45) is 7.99. The maximum atomic E-state index is 15.0. The van der Waals surface area contributed by atoms with Crippen LogP contribution in [0.4, 0.5) is 10.1 Å². The Labute approximate surface area is 234 Å². The largest absolute Gasteiger partial charge is 0.480 e. The van der Waals surface area contributed by atoms with Crippen molar-refractivity contribution in [2.75, 3.05) is 5.32 Å². The molecule has 3 aromatic heterocycles. The van der Waals surface area contributed by atoms with Gasteiger partial charge in [0.1, 0.15) is 18.0 Å². The van der Waals surface area contributed by atoms with Crippen LogP contribution in [0.15, 0.2) is 67.4 Å². The lowest BCUT2D eigenvalue weighted by Crippen LogP contribution is -2.19. The molecule has 11 heteroatoms. The number of carboxylic acids is 1. The van der Waals surface area contributed by atoms with Crippen LogP contribution in [0.25, 0.3) is 33.2 Å². The van der Waals surface area contributed by atoms with E-state index >= 15 is 4.39 Å². The van der Waals surface area contributed by atoms with Gasteiger partial charge in [0.2, 0.25) is 0 Å². The number of aliphatic hydroxyl groups is 1. The lowest BCUT2D eigenvalue weighted by molar-refractivity contribution is -0.137. The summed E-state index contributed by atoms with van der Waals surface area (Å²) in [6.45, 7) is 4.80. The van der Waals surface area contributed by atoms with Crippen molar-refractivity contribution in [3.63, 3.8) is 0 Å². The molecule has 3 N–H and O–H groups in total. The van der Waals surface area contributed by atoms with E-state index in [-0.39, 0.29) is 6.54 Å². The zero-order valence-corrected chi connectivity index (χ0v) is 22.7. The summed E-state index contributed by atoms with van der Waals surface area (Å²) in [5, 5.41) is 27.7. The zero-order valence-electron chi connectivity index (χ0n) is 21.9. The number of nitrogens with zero attached hydrogens (tertiary/aromatic N) is 5. The topological polar surface area (TPSA) is 126 Å². The highest BCUT2D eigenvalue weighted by Gasteiger charge is 2.20. The molecule has 0 aliphatic carbocycles. The maximum Gasteiger partial charge on any atom is 0.325 e. The summed E-state index contributed by atoms with van der Waals surface area (Å²) in [5.74, 6) is -1.09. The minimum Gasteiger partial charge on any atom is -0.480 e. The molecule has 2 aromatic carbocycles. The molecule has 5 aromatic rings. The Morgan fingerprint density at radius 2 is 1.73 bits per heavy atom. The summed E-state index contributed by atoms with van der Waals surface area (Å²) in [7, 11) is 0. The first-order chi connectivity index (χ1) is 19.0. The van der Waals surface area contributed by atoms with Gasteiger partial charge in [-0.2, -0.15) is 5.10 Å². The van der Waals surface area contributed by atoms with Gasteiger partial charge in [-0.15, -0.1) is 0 Å². The number of carbonyl (C=O) groups is 1. The van der Waals surface area contributed by atoms with Crippen molar-refractivity contribution >= 4 is 34.2 Å². The van der Waals surface area contributed by atoms with Crippen LogP contribution in [-0.4, -0.2) is 40.9 Å². The molecule has 1 atom stereocenters. The Kier molecular flexibility index (Phi) is 7.22. The summed E-state index contributed by atoms with van der Waals surface area (Å²) in [5.41, 5.74) is 3.46. The molecule has 0 saturated heterocycles. The van der Waals surface area contributed by atoms with Crippen LogP contribution in [0, 0.1) is 5.82 Å². The van der Waals surface area contributed by atoms with Gasteiger partial charge in [-0.25, -0.2) is 14.4 Å². The van der Waals surface area contributed by atoms with E-state index in [4.69, 9.17) is 16.7 Å². The smallest absolute Gasteiger partial charge is 0.325 e. The standard InChI is InChI=1S/C29H26ClFN6O3/c1-16(21-8-18(4-6-24(21)31)20-12-35-37(14-20)15-26(38)39)36-27-22-9-17(5-7-25(22)32-13-23(27)30)19-10-33-28(34-11-19)29(2,3)40/h4-14,16,40H,15H2,1-3H3,(H,32,36)(H,38,39)/t16-/m1/s1. The molecule has 0 radical (unpaired) electrons. The van der Waals surface area contributed by atoms with Crippen molar-refractivity contribution in [1.29, 1.82) is 0 Å². The van der Waals surface area contributed by atoms with E-state index in [2.05, 4.69) is 25.4 Å². The number of aliphatic carboxylic acids is 1. The molecule has 40 heavy (non-hydrogen) atoms. The van der Waals surface area contributed by atoms with Crippen molar-refractivity contribution in [3.05, 3.63) is 89.6 Å². The fourth-order valence-corrected chi connectivity index (χ4v) is 4.58. The Balaban J connectivity index is 1.48. The average molecular weight is 561 g/mol. The average Bonchev–Trinajstić information content (AvgIpc) is 3.37. The second-order valence-electron chi connectivity index (χ2n) is 9.99. The van der Waals surface area contributed by atoms with Gasteiger partial charge in [0, 0.05) is 46.9 Å². The minimum absolute atomic E-state index is 0.267. The molecular weight excluding hydrogens is 535 g/mol. The highest BCUT2D eigenvalue weighted by Crippen LogP contribution is 2.36.